The predicted molar refractivity (Wildman–Crippen MR) is 99.2 cm³/mol. The van der Waals surface area contributed by atoms with Crippen LogP contribution >= 0.6 is 0 Å². The van der Waals surface area contributed by atoms with Crippen molar-refractivity contribution in [1.29, 1.82) is 0 Å². The monoisotopic (exact) mass is 392 g/mol. The van der Waals surface area contributed by atoms with Gasteiger partial charge in [0.2, 0.25) is 0 Å². The number of morpholine rings is 1. The van der Waals surface area contributed by atoms with Crippen molar-refractivity contribution in [1.82, 2.24) is 10.2 Å². The van der Waals surface area contributed by atoms with E-state index in [1.807, 2.05) is 26.0 Å². The Morgan fingerprint density at radius 3 is 2.11 bits per heavy atom. The first-order valence-corrected chi connectivity index (χ1v) is 9.21. The third kappa shape index (κ3) is 4.91. The third-order valence-electron chi connectivity index (χ3n) is 4.61. The maximum Gasteiger partial charge on any atom is 0.254 e. The fourth-order valence-corrected chi connectivity index (χ4v) is 3.35. The van der Waals surface area contributed by atoms with Crippen molar-refractivity contribution >= 4 is 5.91 Å². The van der Waals surface area contributed by atoms with E-state index >= 15 is 0 Å². The summed E-state index contributed by atoms with van der Waals surface area (Å²) >= 11 is 0. The Morgan fingerprint density at radius 2 is 1.54 bits per heavy atom. The maximum atomic E-state index is 13.2. The molecule has 2 aromatic rings. The zero-order valence-electron chi connectivity index (χ0n) is 15.8. The molecular weight excluding hydrogens is 369 g/mol. The van der Waals surface area contributed by atoms with Gasteiger partial charge in [-0.15, -0.1) is 0 Å². The van der Waals surface area contributed by atoms with Crippen LogP contribution in [0, 0.1) is 17.5 Å². The summed E-state index contributed by atoms with van der Waals surface area (Å²) in [4.78, 5) is 14.4. The van der Waals surface area contributed by atoms with Crippen LogP contribution in [0.2, 0.25) is 0 Å². The van der Waals surface area contributed by atoms with Crippen LogP contribution in [-0.4, -0.2) is 36.1 Å². The van der Waals surface area contributed by atoms with Gasteiger partial charge in [0, 0.05) is 31.7 Å². The molecule has 2 atom stereocenters. The molecule has 0 spiro atoms. The number of nitrogens with one attached hydrogen (secondary N) is 1. The second kappa shape index (κ2) is 8.75. The molecule has 1 amide bonds. The number of hydrogen-bond donors (Lipinski definition) is 1. The number of benzene rings is 2. The van der Waals surface area contributed by atoms with E-state index in [2.05, 4.69) is 5.32 Å². The number of halogens is 3. The van der Waals surface area contributed by atoms with Gasteiger partial charge >= 0.3 is 0 Å². The van der Waals surface area contributed by atoms with Crippen molar-refractivity contribution in [3.8, 4) is 0 Å². The Balaban J connectivity index is 1.55. The Hall–Kier alpha value is -2.38. The van der Waals surface area contributed by atoms with Crippen LogP contribution in [0.4, 0.5) is 13.2 Å². The lowest BCUT2D eigenvalue weighted by molar-refractivity contribution is -0.0586. The fourth-order valence-electron chi connectivity index (χ4n) is 3.35. The molecule has 28 heavy (non-hydrogen) atoms. The molecule has 4 nitrogen and oxygen atoms in total. The van der Waals surface area contributed by atoms with Gasteiger partial charge in [0.05, 0.1) is 12.2 Å². The van der Waals surface area contributed by atoms with Gasteiger partial charge in [-0.25, -0.2) is 13.2 Å². The quantitative estimate of drug-likeness (QED) is 0.790. The van der Waals surface area contributed by atoms with Gasteiger partial charge in [-0.2, -0.15) is 0 Å². The average molecular weight is 392 g/mol. The maximum absolute atomic E-state index is 13.2. The molecule has 0 bridgehead atoms. The van der Waals surface area contributed by atoms with Crippen LogP contribution in [0.3, 0.4) is 0 Å². The van der Waals surface area contributed by atoms with Gasteiger partial charge in [0.15, 0.2) is 17.5 Å². The molecule has 0 radical (unpaired) electrons. The molecule has 3 rings (SSSR count). The lowest BCUT2D eigenvalue weighted by Gasteiger charge is -2.35. The molecule has 0 aliphatic carbocycles. The van der Waals surface area contributed by atoms with E-state index in [9.17, 15) is 18.0 Å². The van der Waals surface area contributed by atoms with E-state index in [0.717, 1.165) is 17.7 Å². The van der Waals surface area contributed by atoms with Crippen LogP contribution in [0.15, 0.2) is 36.4 Å². The Morgan fingerprint density at radius 1 is 1.00 bits per heavy atom. The van der Waals surface area contributed by atoms with Crippen molar-refractivity contribution in [2.45, 2.75) is 39.1 Å². The van der Waals surface area contributed by atoms with Crippen molar-refractivity contribution in [3.63, 3.8) is 0 Å². The first kappa shape index (κ1) is 20.4. The number of amides is 1. The summed E-state index contributed by atoms with van der Waals surface area (Å²) < 4.78 is 45.1. The number of rotatable bonds is 5. The van der Waals surface area contributed by atoms with Gasteiger partial charge in [0.25, 0.3) is 5.91 Å². The lowest BCUT2D eigenvalue weighted by Crippen LogP contribution is -2.48. The van der Waals surface area contributed by atoms with E-state index in [1.54, 1.807) is 17.0 Å². The van der Waals surface area contributed by atoms with Crippen LogP contribution in [0.5, 0.6) is 0 Å². The fraction of sp³-hybridized carbons (Fsp3) is 0.381. The molecule has 0 saturated carbocycles. The standard InChI is InChI=1S/C21H23F3N2O2/c1-13-11-26(12-14(2)28-13)21(27)17-5-3-15(4-6-17)9-25-10-16-7-18(22)20(24)19(23)8-16/h3-8,13-14,25H,9-12H2,1-2H3. The van der Waals surface area contributed by atoms with Crippen LogP contribution in [0.1, 0.15) is 35.3 Å². The molecular formula is C21H23F3N2O2. The van der Waals surface area contributed by atoms with Crippen molar-refractivity contribution in [2.24, 2.45) is 0 Å². The summed E-state index contributed by atoms with van der Waals surface area (Å²) in [6, 6.07) is 9.14. The highest BCUT2D eigenvalue weighted by Crippen LogP contribution is 2.16. The van der Waals surface area contributed by atoms with Crippen molar-refractivity contribution in [2.75, 3.05) is 13.1 Å². The molecule has 7 heteroatoms. The van der Waals surface area contributed by atoms with Gasteiger partial charge in [-0.1, -0.05) is 12.1 Å². The third-order valence-corrected chi connectivity index (χ3v) is 4.61. The molecule has 150 valence electrons. The highest BCUT2D eigenvalue weighted by molar-refractivity contribution is 5.94. The second-order valence-electron chi connectivity index (χ2n) is 7.14. The minimum Gasteiger partial charge on any atom is -0.372 e. The number of nitrogens with zero attached hydrogens (tertiary/aromatic N) is 1. The van der Waals surface area contributed by atoms with Crippen LogP contribution in [0.25, 0.3) is 0 Å². The van der Waals surface area contributed by atoms with Gasteiger partial charge in [0.1, 0.15) is 0 Å². The smallest absolute Gasteiger partial charge is 0.254 e. The van der Waals surface area contributed by atoms with E-state index in [-0.39, 0.29) is 24.7 Å². The minimum absolute atomic E-state index is 0.0114. The largest absolute Gasteiger partial charge is 0.372 e. The SMILES string of the molecule is CC1CN(C(=O)c2ccc(CNCc3cc(F)c(F)c(F)c3)cc2)CC(C)O1. The molecule has 0 aromatic heterocycles. The van der Waals surface area contributed by atoms with Gasteiger partial charge in [-0.05, 0) is 49.2 Å². The molecule has 2 aromatic carbocycles. The predicted octanol–water partition coefficient (Wildman–Crippen LogP) is 3.64. The molecule has 1 N–H and O–H groups in total. The lowest BCUT2D eigenvalue weighted by atomic mass is 10.1. The number of ether oxygens (including phenoxy) is 1. The summed E-state index contributed by atoms with van der Waals surface area (Å²) in [5, 5.41) is 3.05. The number of carbonyl (C=O) groups excluding carboxylic acids is 1. The van der Waals surface area contributed by atoms with Crippen LogP contribution in [-0.2, 0) is 17.8 Å². The summed E-state index contributed by atoms with van der Waals surface area (Å²) in [6.07, 6.45) is 0.0228. The Labute approximate surface area is 162 Å². The topological polar surface area (TPSA) is 41.6 Å². The number of hydrogen-bond acceptors (Lipinski definition) is 3. The zero-order chi connectivity index (χ0) is 20.3. The summed E-state index contributed by atoms with van der Waals surface area (Å²) in [6.45, 7) is 5.67. The van der Waals surface area contributed by atoms with Gasteiger partial charge < -0.3 is 15.0 Å². The molecule has 1 aliphatic heterocycles. The molecule has 1 aliphatic rings. The number of carbonyl (C=O) groups is 1. The highest BCUT2D eigenvalue weighted by Gasteiger charge is 2.26. The Kier molecular flexibility index (Phi) is 6.36. The average Bonchev–Trinajstić information content (AvgIpc) is 2.65. The van der Waals surface area contributed by atoms with Gasteiger partial charge in [-0.3, -0.25) is 4.79 Å². The highest BCUT2D eigenvalue weighted by atomic mass is 19.2. The first-order chi connectivity index (χ1) is 13.3. The molecule has 1 saturated heterocycles. The van der Waals surface area contributed by atoms with Crippen molar-refractivity contribution in [3.05, 3.63) is 70.5 Å². The Bertz CT molecular complexity index is 809. The second-order valence-corrected chi connectivity index (χ2v) is 7.14. The molecule has 1 fully saturated rings. The first-order valence-electron chi connectivity index (χ1n) is 9.21. The van der Waals surface area contributed by atoms with Crippen LogP contribution < -0.4 is 5.32 Å². The zero-order valence-corrected chi connectivity index (χ0v) is 15.8. The van der Waals surface area contributed by atoms with E-state index in [4.69, 9.17) is 4.74 Å². The summed E-state index contributed by atoms with van der Waals surface area (Å²) in [7, 11) is 0. The van der Waals surface area contributed by atoms with E-state index < -0.39 is 17.5 Å². The van der Waals surface area contributed by atoms with Crippen molar-refractivity contribution < 1.29 is 22.7 Å². The minimum atomic E-state index is -1.46. The normalized spacial score (nSPS) is 19.7. The van der Waals surface area contributed by atoms with E-state index in [0.29, 0.717) is 30.8 Å². The molecule has 1 heterocycles. The van der Waals surface area contributed by atoms with E-state index in [1.165, 1.54) is 0 Å². The summed E-state index contributed by atoms with van der Waals surface area (Å²) in [5.41, 5.74) is 1.84. The summed E-state index contributed by atoms with van der Waals surface area (Å²) in [5.74, 6) is -3.90. The molecule has 2 unspecified atom stereocenters.